The second kappa shape index (κ2) is 5.51. The SMILES string of the molecule is CCOC(=O)c1cc(CO)oc1-c1ccccc1. The molecule has 4 nitrogen and oxygen atoms in total. The second-order valence-electron chi connectivity index (χ2n) is 3.70. The molecule has 2 rings (SSSR count). The Kier molecular flexibility index (Phi) is 3.79. The maximum Gasteiger partial charge on any atom is 0.342 e. The van der Waals surface area contributed by atoms with Crippen molar-refractivity contribution in [2.45, 2.75) is 13.5 Å². The van der Waals surface area contributed by atoms with Crippen molar-refractivity contribution in [2.24, 2.45) is 0 Å². The fourth-order valence-corrected chi connectivity index (χ4v) is 1.68. The van der Waals surface area contributed by atoms with E-state index in [0.717, 1.165) is 5.56 Å². The van der Waals surface area contributed by atoms with Crippen LogP contribution in [0.5, 0.6) is 0 Å². The van der Waals surface area contributed by atoms with E-state index in [0.29, 0.717) is 23.7 Å². The number of aliphatic hydroxyl groups is 1. The van der Waals surface area contributed by atoms with Crippen LogP contribution in [0.2, 0.25) is 0 Å². The second-order valence-corrected chi connectivity index (χ2v) is 3.70. The van der Waals surface area contributed by atoms with Gasteiger partial charge in [0.05, 0.1) is 6.61 Å². The predicted molar refractivity (Wildman–Crippen MR) is 66.0 cm³/mol. The summed E-state index contributed by atoms with van der Waals surface area (Å²) >= 11 is 0. The van der Waals surface area contributed by atoms with Crippen molar-refractivity contribution in [1.82, 2.24) is 0 Å². The predicted octanol–water partition coefficient (Wildman–Crippen LogP) is 2.62. The van der Waals surface area contributed by atoms with Gasteiger partial charge in [0.15, 0.2) is 0 Å². The number of carbonyl (C=O) groups is 1. The van der Waals surface area contributed by atoms with Crippen molar-refractivity contribution in [3.63, 3.8) is 0 Å². The summed E-state index contributed by atoms with van der Waals surface area (Å²) in [4.78, 5) is 11.8. The van der Waals surface area contributed by atoms with E-state index < -0.39 is 5.97 Å². The molecule has 0 aliphatic heterocycles. The molecule has 0 atom stereocenters. The standard InChI is InChI=1S/C14H14O4/c1-2-17-14(16)12-8-11(9-15)18-13(12)10-6-4-3-5-7-10/h3-8,15H,2,9H2,1H3. The number of esters is 1. The molecule has 0 radical (unpaired) electrons. The Labute approximate surface area is 105 Å². The minimum absolute atomic E-state index is 0.251. The van der Waals surface area contributed by atoms with Crippen molar-refractivity contribution < 1.29 is 19.1 Å². The molecule has 1 N–H and O–H groups in total. The zero-order chi connectivity index (χ0) is 13.0. The number of benzene rings is 1. The van der Waals surface area contributed by atoms with Gasteiger partial charge in [0, 0.05) is 5.56 Å². The lowest BCUT2D eigenvalue weighted by Crippen LogP contribution is -2.04. The van der Waals surface area contributed by atoms with E-state index in [9.17, 15) is 4.79 Å². The summed E-state index contributed by atoms with van der Waals surface area (Å²) in [5.74, 6) is 0.329. The van der Waals surface area contributed by atoms with Gasteiger partial charge in [-0.15, -0.1) is 0 Å². The lowest BCUT2D eigenvalue weighted by atomic mass is 10.1. The Bertz CT molecular complexity index is 528. The zero-order valence-electron chi connectivity index (χ0n) is 10.1. The number of furan rings is 1. The van der Waals surface area contributed by atoms with E-state index in [2.05, 4.69) is 0 Å². The molecule has 0 fully saturated rings. The average molecular weight is 246 g/mol. The van der Waals surface area contributed by atoms with Gasteiger partial charge in [-0.3, -0.25) is 0 Å². The van der Waals surface area contributed by atoms with Crippen LogP contribution in [-0.2, 0) is 11.3 Å². The van der Waals surface area contributed by atoms with Crippen LogP contribution in [0.15, 0.2) is 40.8 Å². The van der Waals surface area contributed by atoms with Gasteiger partial charge in [-0.1, -0.05) is 30.3 Å². The van der Waals surface area contributed by atoms with Crippen LogP contribution in [-0.4, -0.2) is 17.7 Å². The molecule has 0 aliphatic rings. The number of aliphatic hydroxyl groups excluding tert-OH is 1. The zero-order valence-corrected chi connectivity index (χ0v) is 10.1. The van der Waals surface area contributed by atoms with Crippen LogP contribution in [0.1, 0.15) is 23.0 Å². The molecule has 0 saturated carbocycles. The van der Waals surface area contributed by atoms with Crippen molar-refractivity contribution >= 4 is 5.97 Å². The molecule has 94 valence electrons. The molecule has 2 aromatic rings. The van der Waals surface area contributed by atoms with Gasteiger partial charge in [-0.25, -0.2) is 4.79 Å². The molecule has 1 heterocycles. The van der Waals surface area contributed by atoms with Gasteiger partial charge in [0.2, 0.25) is 0 Å². The van der Waals surface area contributed by atoms with E-state index in [1.807, 2.05) is 30.3 Å². The highest BCUT2D eigenvalue weighted by Gasteiger charge is 2.19. The highest BCUT2D eigenvalue weighted by Crippen LogP contribution is 2.28. The van der Waals surface area contributed by atoms with Gasteiger partial charge >= 0.3 is 5.97 Å². The quantitative estimate of drug-likeness (QED) is 0.842. The molecular weight excluding hydrogens is 232 g/mol. The lowest BCUT2D eigenvalue weighted by molar-refractivity contribution is 0.0527. The molecule has 0 unspecified atom stereocenters. The Morgan fingerprint density at radius 1 is 1.33 bits per heavy atom. The molecule has 0 saturated heterocycles. The molecule has 1 aromatic carbocycles. The number of carbonyl (C=O) groups excluding carboxylic acids is 1. The summed E-state index contributed by atoms with van der Waals surface area (Å²) in [6.07, 6.45) is 0. The average Bonchev–Trinajstić information content (AvgIpc) is 2.84. The third kappa shape index (κ3) is 2.43. The van der Waals surface area contributed by atoms with Crippen LogP contribution >= 0.6 is 0 Å². The van der Waals surface area contributed by atoms with Crippen LogP contribution in [0, 0.1) is 0 Å². The molecule has 0 spiro atoms. The number of ether oxygens (including phenoxy) is 1. The first-order valence-corrected chi connectivity index (χ1v) is 5.72. The topological polar surface area (TPSA) is 59.7 Å². The van der Waals surface area contributed by atoms with E-state index in [-0.39, 0.29) is 6.61 Å². The first-order chi connectivity index (χ1) is 8.76. The summed E-state index contributed by atoms with van der Waals surface area (Å²) in [5.41, 5.74) is 1.12. The van der Waals surface area contributed by atoms with Gasteiger partial charge in [-0.05, 0) is 13.0 Å². The maximum atomic E-state index is 11.8. The summed E-state index contributed by atoms with van der Waals surface area (Å²) in [6, 6.07) is 10.8. The maximum absolute atomic E-state index is 11.8. The summed E-state index contributed by atoms with van der Waals surface area (Å²) in [7, 11) is 0. The molecule has 0 bridgehead atoms. The highest BCUT2D eigenvalue weighted by molar-refractivity contribution is 5.96. The molecule has 4 heteroatoms. The molecule has 1 aromatic heterocycles. The van der Waals surface area contributed by atoms with Crippen LogP contribution in [0.25, 0.3) is 11.3 Å². The van der Waals surface area contributed by atoms with Crippen LogP contribution < -0.4 is 0 Å². The van der Waals surface area contributed by atoms with E-state index in [1.54, 1.807) is 6.92 Å². The number of hydrogen-bond acceptors (Lipinski definition) is 4. The summed E-state index contributed by atoms with van der Waals surface area (Å²) in [5, 5.41) is 9.09. The Balaban J connectivity index is 2.45. The first kappa shape index (κ1) is 12.4. The van der Waals surface area contributed by atoms with Crippen molar-refractivity contribution in [3.8, 4) is 11.3 Å². The van der Waals surface area contributed by atoms with Gasteiger partial charge in [0.1, 0.15) is 23.7 Å². The fourth-order valence-electron chi connectivity index (χ4n) is 1.68. The summed E-state index contributed by atoms with van der Waals surface area (Å²) in [6.45, 7) is 1.79. The normalized spacial score (nSPS) is 10.3. The third-order valence-corrected chi connectivity index (χ3v) is 2.47. The Morgan fingerprint density at radius 3 is 2.67 bits per heavy atom. The van der Waals surface area contributed by atoms with Crippen molar-refractivity contribution in [2.75, 3.05) is 6.61 Å². The summed E-state index contributed by atoms with van der Waals surface area (Å²) < 4.78 is 10.4. The lowest BCUT2D eigenvalue weighted by Gasteiger charge is -2.02. The number of rotatable bonds is 4. The molecule has 0 aliphatic carbocycles. The highest BCUT2D eigenvalue weighted by atomic mass is 16.5. The Hall–Kier alpha value is -2.07. The van der Waals surface area contributed by atoms with Gasteiger partial charge in [0.25, 0.3) is 0 Å². The molecule has 18 heavy (non-hydrogen) atoms. The molecular formula is C14H14O4. The fraction of sp³-hybridized carbons (Fsp3) is 0.214. The van der Waals surface area contributed by atoms with E-state index in [4.69, 9.17) is 14.3 Å². The van der Waals surface area contributed by atoms with Crippen LogP contribution in [0.4, 0.5) is 0 Å². The van der Waals surface area contributed by atoms with Gasteiger partial charge in [-0.2, -0.15) is 0 Å². The Morgan fingerprint density at radius 2 is 2.06 bits per heavy atom. The van der Waals surface area contributed by atoms with E-state index >= 15 is 0 Å². The number of hydrogen-bond donors (Lipinski definition) is 1. The molecule has 0 amide bonds. The largest absolute Gasteiger partial charge is 0.462 e. The van der Waals surface area contributed by atoms with E-state index in [1.165, 1.54) is 6.07 Å². The van der Waals surface area contributed by atoms with Crippen molar-refractivity contribution in [3.05, 3.63) is 47.7 Å². The smallest absolute Gasteiger partial charge is 0.342 e. The van der Waals surface area contributed by atoms with Crippen molar-refractivity contribution in [1.29, 1.82) is 0 Å². The minimum Gasteiger partial charge on any atom is -0.462 e. The minimum atomic E-state index is -0.445. The third-order valence-electron chi connectivity index (χ3n) is 2.47. The first-order valence-electron chi connectivity index (χ1n) is 5.72. The van der Waals surface area contributed by atoms with Crippen LogP contribution in [0.3, 0.4) is 0 Å². The monoisotopic (exact) mass is 246 g/mol. The van der Waals surface area contributed by atoms with Gasteiger partial charge < -0.3 is 14.3 Å².